The van der Waals surface area contributed by atoms with E-state index in [1.807, 2.05) is 31.2 Å². The van der Waals surface area contributed by atoms with Crippen LogP contribution >= 0.6 is 0 Å². The van der Waals surface area contributed by atoms with Gasteiger partial charge >= 0.3 is 0 Å². The molecule has 1 heterocycles. The molecule has 3 rings (SSSR count). The zero-order valence-corrected chi connectivity index (χ0v) is 12.1. The molecular formula is C18H19N3. The first-order valence-electron chi connectivity index (χ1n) is 7.00. The molecule has 2 aliphatic rings. The van der Waals surface area contributed by atoms with Crippen LogP contribution < -0.4 is 16.0 Å². The summed E-state index contributed by atoms with van der Waals surface area (Å²) < 4.78 is 0. The highest BCUT2D eigenvalue weighted by atomic mass is 15.3. The molecular weight excluding hydrogens is 258 g/mol. The van der Waals surface area contributed by atoms with Crippen molar-refractivity contribution in [3.05, 3.63) is 84.4 Å². The van der Waals surface area contributed by atoms with E-state index >= 15 is 0 Å². The lowest BCUT2D eigenvalue weighted by Crippen LogP contribution is -2.39. The maximum atomic E-state index is 6.12. The lowest BCUT2D eigenvalue weighted by atomic mass is 9.99. The number of nitrogens with one attached hydrogen (secondary N) is 1. The monoisotopic (exact) mass is 277 g/mol. The number of hydrogen-bond acceptors (Lipinski definition) is 3. The Hall–Kier alpha value is -2.68. The van der Waals surface area contributed by atoms with Crippen LogP contribution in [0.5, 0.6) is 0 Å². The van der Waals surface area contributed by atoms with E-state index in [0.717, 1.165) is 22.9 Å². The highest BCUT2D eigenvalue weighted by Gasteiger charge is 2.21. The molecule has 106 valence electrons. The minimum absolute atomic E-state index is 0.196. The average molecular weight is 277 g/mol. The number of nitrogens with two attached hydrogens (primary N) is 1. The van der Waals surface area contributed by atoms with Crippen molar-refractivity contribution >= 4 is 11.4 Å². The molecule has 1 aliphatic heterocycles. The van der Waals surface area contributed by atoms with Gasteiger partial charge in [-0.2, -0.15) is 0 Å². The van der Waals surface area contributed by atoms with Gasteiger partial charge in [-0.3, -0.25) is 4.90 Å². The maximum Gasteiger partial charge on any atom is 0.111 e. The molecule has 1 aromatic rings. The van der Waals surface area contributed by atoms with Gasteiger partial charge in [-0.15, -0.1) is 0 Å². The number of fused-ring (bicyclic) bond motifs is 1. The molecule has 0 amide bonds. The van der Waals surface area contributed by atoms with Crippen molar-refractivity contribution < 1.29 is 0 Å². The summed E-state index contributed by atoms with van der Waals surface area (Å²) in [6.45, 7) is 6.07. The standard InChI is InChI=1S/C18H19N3/c1-13(2)21(17-10-6-4-8-15(17)19)18-12-11-14-7-3-5-9-16(14)20-18/h3-12,16,20H,1,19H2,2H3. The fourth-order valence-corrected chi connectivity index (χ4v) is 2.60. The number of benzene rings is 1. The van der Waals surface area contributed by atoms with Crippen LogP contribution in [0.25, 0.3) is 0 Å². The van der Waals surface area contributed by atoms with Gasteiger partial charge in [0.25, 0.3) is 0 Å². The van der Waals surface area contributed by atoms with Gasteiger partial charge in [0.1, 0.15) is 5.82 Å². The smallest absolute Gasteiger partial charge is 0.111 e. The van der Waals surface area contributed by atoms with Crippen LogP contribution in [0, 0.1) is 0 Å². The van der Waals surface area contributed by atoms with Gasteiger partial charge in [0.15, 0.2) is 0 Å². The summed E-state index contributed by atoms with van der Waals surface area (Å²) in [5.74, 6) is 0.981. The van der Waals surface area contributed by atoms with Crippen LogP contribution in [0.3, 0.4) is 0 Å². The van der Waals surface area contributed by atoms with Gasteiger partial charge in [-0.25, -0.2) is 0 Å². The van der Waals surface area contributed by atoms with E-state index in [-0.39, 0.29) is 6.04 Å². The van der Waals surface area contributed by atoms with Crippen LogP contribution in [0.2, 0.25) is 0 Å². The second-order valence-corrected chi connectivity index (χ2v) is 5.21. The van der Waals surface area contributed by atoms with Crippen molar-refractivity contribution in [2.24, 2.45) is 0 Å². The van der Waals surface area contributed by atoms with Crippen molar-refractivity contribution in [2.75, 3.05) is 10.6 Å². The quantitative estimate of drug-likeness (QED) is 0.831. The number of hydrogen-bond donors (Lipinski definition) is 2. The topological polar surface area (TPSA) is 41.3 Å². The summed E-state index contributed by atoms with van der Waals surface area (Å²) >= 11 is 0. The molecule has 1 atom stereocenters. The number of allylic oxidation sites excluding steroid dienone is 5. The molecule has 0 aromatic heterocycles. The van der Waals surface area contributed by atoms with E-state index in [2.05, 4.69) is 53.3 Å². The zero-order valence-electron chi connectivity index (χ0n) is 12.1. The molecule has 0 radical (unpaired) electrons. The fourth-order valence-electron chi connectivity index (χ4n) is 2.60. The van der Waals surface area contributed by atoms with Crippen LogP contribution in [0.15, 0.2) is 84.4 Å². The van der Waals surface area contributed by atoms with Crippen molar-refractivity contribution in [3.8, 4) is 0 Å². The number of para-hydroxylation sites is 2. The summed E-state index contributed by atoms with van der Waals surface area (Å²) in [5.41, 5.74) is 9.96. The van der Waals surface area contributed by atoms with Gasteiger partial charge in [0, 0.05) is 5.70 Å². The summed E-state index contributed by atoms with van der Waals surface area (Å²) in [5, 5.41) is 3.53. The normalized spacial score (nSPS) is 19.2. The highest BCUT2D eigenvalue weighted by Crippen LogP contribution is 2.30. The molecule has 0 saturated heterocycles. The van der Waals surface area contributed by atoms with Crippen LogP contribution in [0.4, 0.5) is 11.4 Å². The SMILES string of the molecule is C=C(C)N(C1=CC=C2C=CC=CC2N1)c1ccccc1N. The average Bonchev–Trinajstić information content (AvgIpc) is 2.49. The molecule has 0 bridgehead atoms. The predicted octanol–water partition coefficient (Wildman–Crippen LogP) is 3.47. The molecule has 1 aliphatic carbocycles. The lowest BCUT2D eigenvalue weighted by Gasteiger charge is -2.34. The molecule has 0 saturated carbocycles. The van der Waals surface area contributed by atoms with Crippen molar-refractivity contribution in [1.29, 1.82) is 0 Å². The van der Waals surface area contributed by atoms with Gasteiger partial charge < -0.3 is 11.1 Å². The molecule has 1 unspecified atom stereocenters. The van der Waals surface area contributed by atoms with Gasteiger partial charge in [0.2, 0.25) is 0 Å². The van der Waals surface area contributed by atoms with Gasteiger partial charge in [0.05, 0.1) is 17.4 Å². The number of dihydropyridines is 1. The Kier molecular flexibility index (Phi) is 3.40. The van der Waals surface area contributed by atoms with E-state index in [4.69, 9.17) is 5.73 Å². The second kappa shape index (κ2) is 5.37. The van der Waals surface area contributed by atoms with Crippen LogP contribution in [-0.2, 0) is 0 Å². The summed E-state index contributed by atoms with van der Waals surface area (Å²) in [7, 11) is 0. The van der Waals surface area contributed by atoms with E-state index in [1.165, 1.54) is 5.57 Å². The van der Waals surface area contributed by atoms with Crippen molar-refractivity contribution in [2.45, 2.75) is 13.0 Å². The zero-order chi connectivity index (χ0) is 14.8. The largest absolute Gasteiger partial charge is 0.397 e. The molecule has 1 aromatic carbocycles. The minimum Gasteiger partial charge on any atom is -0.397 e. The highest BCUT2D eigenvalue weighted by molar-refractivity contribution is 5.72. The minimum atomic E-state index is 0.196. The van der Waals surface area contributed by atoms with E-state index in [1.54, 1.807) is 0 Å². The first-order valence-corrected chi connectivity index (χ1v) is 7.00. The molecule has 0 fully saturated rings. The van der Waals surface area contributed by atoms with Crippen LogP contribution in [-0.4, -0.2) is 6.04 Å². The third-order valence-electron chi connectivity index (χ3n) is 3.60. The lowest BCUT2D eigenvalue weighted by molar-refractivity contribution is 0.721. The first kappa shape index (κ1) is 13.3. The van der Waals surface area contributed by atoms with E-state index < -0.39 is 0 Å². The molecule has 3 N–H and O–H groups in total. The molecule has 21 heavy (non-hydrogen) atoms. The maximum absolute atomic E-state index is 6.12. The van der Waals surface area contributed by atoms with Crippen molar-refractivity contribution in [3.63, 3.8) is 0 Å². The number of nitrogens with zero attached hydrogens (tertiary/aromatic N) is 1. The number of nitrogen functional groups attached to an aromatic ring is 1. The summed E-state index contributed by atoms with van der Waals surface area (Å²) in [6.07, 6.45) is 12.6. The number of rotatable bonds is 3. The summed E-state index contributed by atoms with van der Waals surface area (Å²) in [4.78, 5) is 2.05. The third-order valence-corrected chi connectivity index (χ3v) is 3.60. The van der Waals surface area contributed by atoms with Gasteiger partial charge in [-0.05, 0) is 30.7 Å². The van der Waals surface area contributed by atoms with Gasteiger partial charge in [-0.1, -0.05) is 49.1 Å². The van der Waals surface area contributed by atoms with E-state index in [9.17, 15) is 0 Å². The first-order chi connectivity index (χ1) is 10.2. The number of anilines is 2. The Balaban J connectivity index is 2.00. The van der Waals surface area contributed by atoms with E-state index in [0.29, 0.717) is 0 Å². The second-order valence-electron chi connectivity index (χ2n) is 5.21. The van der Waals surface area contributed by atoms with Crippen molar-refractivity contribution in [1.82, 2.24) is 5.32 Å². The molecule has 0 spiro atoms. The molecule has 3 heteroatoms. The Morgan fingerprint density at radius 3 is 2.81 bits per heavy atom. The summed E-state index contributed by atoms with van der Waals surface area (Å²) in [6, 6.07) is 8.02. The Morgan fingerprint density at radius 1 is 1.24 bits per heavy atom. The predicted molar refractivity (Wildman–Crippen MR) is 89.5 cm³/mol. The molecule has 3 nitrogen and oxygen atoms in total. The Morgan fingerprint density at radius 2 is 2.05 bits per heavy atom. The van der Waals surface area contributed by atoms with Crippen LogP contribution in [0.1, 0.15) is 6.92 Å². The Labute approximate surface area is 125 Å². The fraction of sp³-hybridized carbons (Fsp3) is 0.111. The Bertz CT molecular complexity index is 692. The third kappa shape index (κ3) is 2.50.